The monoisotopic (exact) mass is 140 g/mol. The van der Waals surface area contributed by atoms with Gasteiger partial charge in [0.05, 0.1) is 0 Å². The van der Waals surface area contributed by atoms with E-state index in [0.29, 0.717) is 0 Å². The van der Waals surface area contributed by atoms with Crippen LogP contribution in [0.1, 0.15) is 1.43 Å². The minimum Gasteiger partial charge on any atom is -0.387 e. The molecule has 0 aromatic carbocycles. The van der Waals surface area contributed by atoms with Gasteiger partial charge in [0.25, 0.3) is 0 Å². The number of nitrogens with two attached hydrogens (primary N) is 1. The van der Waals surface area contributed by atoms with Crippen molar-refractivity contribution in [2.45, 2.75) is 0 Å². The quantitative estimate of drug-likeness (QED) is 0.571. The summed E-state index contributed by atoms with van der Waals surface area (Å²) in [4.78, 5) is 0. The van der Waals surface area contributed by atoms with Gasteiger partial charge in [0.1, 0.15) is 0 Å². The van der Waals surface area contributed by atoms with Gasteiger partial charge in [-0.3, -0.25) is 0 Å². The van der Waals surface area contributed by atoms with E-state index in [1.165, 1.54) is 12.6 Å². The molecule has 3 N–H and O–H groups in total. The standard InChI is InChI=1S/C7H9N.CH5N.H2/c1-2-3-7-4-5-8-6-7;1-2;/h2-5,8H,1,6H2;2H2,1H3;1H/b7-3-;;. The fourth-order valence-electron chi connectivity index (χ4n) is 0.668. The molecule has 10 heavy (non-hydrogen) atoms. The molecule has 0 bridgehead atoms. The summed E-state index contributed by atoms with van der Waals surface area (Å²) in [6.45, 7) is 4.54. The van der Waals surface area contributed by atoms with Crippen molar-refractivity contribution in [1.82, 2.24) is 5.32 Å². The van der Waals surface area contributed by atoms with E-state index in [0.717, 1.165) is 6.54 Å². The third-order valence-corrected chi connectivity index (χ3v) is 1.05. The van der Waals surface area contributed by atoms with Crippen LogP contribution in [0.25, 0.3) is 0 Å². The molecule has 0 aromatic heterocycles. The molecule has 1 aliphatic heterocycles. The number of rotatable bonds is 1. The average molecular weight is 140 g/mol. The van der Waals surface area contributed by atoms with Gasteiger partial charge in [0.15, 0.2) is 0 Å². The molecule has 58 valence electrons. The van der Waals surface area contributed by atoms with Crippen molar-refractivity contribution in [1.29, 1.82) is 0 Å². The Hall–Kier alpha value is -1.02. The molecule has 1 heterocycles. The van der Waals surface area contributed by atoms with Crippen molar-refractivity contribution < 1.29 is 1.43 Å². The zero-order chi connectivity index (χ0) is 7.82. The third kappa shape index (κ3) is 3.10. The Labute approximate surface area is 63.6 Å². The molecule has 0 amide bonds. The van der Waals surface area contributed by atoms with E-state index in [1.807, 2.05) is 18.4 Å². The molecule has 0 aliphatic carbocycles. The van der Waals surface area contributed by atoms with Gasteiger partial charge < -0.3 is 11.1 Å². The molecule has 0 radical (unpaired) electrons. The molecular formula is C8H16N2. The van der Waals surface area contributed by atoms with Gasteiger partial charge in [-0.1, -0.05) is 18.7 Å². The Morgan fingerprint density at radius 2 is 2.50 bits per heavy atom. The maximum Gasteiger partial charge on any atom is 0.0395 e. The number of hydrogen-bond acceptors (Lipinski definition) is 2. The van der Waals surface area contributed by atoms with Crippen LogP contribution in [0, 0.1) is 0 Å². The van der Waals surface area contributed by atoms with Crippen molar-refractivity contribution in [2.75, 3.05) is 13.6 Å². The molecular weight excluding hydrogens is 124 g/mol. The fraction of sp³-hybridized carbons (Fsp3) is 0.250. The molecule has 2 nitrogen and oxygen atoms in total. The molecule has 1 rings (SSSR count). The Bertz CT molecular complexity index is 150. The van der Waals surface area contributed by atoms with Crippen LogP contribution < -0.4 is 11.1 Å². The Balaban J connectivity index is 0. The lowest BCUT2D eigenvalue weighted by molar-refractivity contribution is 1.01. The van der Waals surface area contributed by atoms with E-state index in [9.17, 15) is 0 Å². The lowest BCUT2D eigenvalue weighted by Crippen LogP contribution is -1.99. The predicted octanol–water partition coefficient (Wildman–Crippen LogP) is 1.04. The highest BCUT2D eigenvalue weighted by atomic mass is 14.8. The van der Waals surface area contributed by atoms with Crippen molar-refractivity contribution in [3.05, 3.63) is 36.6 Å². The van der Waals surface area contributed by atoms with Crippen molar-refractivity contribution >= 4 is 0 Å². The first-order valence-corrected chi connectivity index (χ1v) is 3.23. The largest absolute Gasteiger partial charge is 0.387 e. The van der Waals surface area contributed by atoms with Crippen LogP contribution in [0.2, 0.25) is 0 Å². The summed E-state index contributed by atoms with van der Waals surface area (Å²) in [6, 6.07) is 0. The van der Waals surface area contributed by atoms with Crippen LogP contribution in [-0.2, 0) is 0 Å². The zero-order valence-corrected chi connectivity index (χ0v) is 6.30. The lowest BCUT2D eigenvalue weighted by atomic mass is 10.3. The summed E-state index contributed by atoms with van der Waals surface area (Å²) in [5.74, 6) is 0. The van der Waals surface area contributed by atoms with Gasteiger partial charge in [0.2, 0.25) is 0 Å². The van der Waals surface area contributed by atoms with Gasteiger partial charge >= 0.3 is 0 Å². The Morgan fingerprint density at radius 1 is 1.80 bits per heavy atom. The van der Waals surface area contributed by atoms with E-state index in [1.54, 1.807) is 6.08 Å². The van der Waals surface area contributed by atoms with E-state index >= 15 is 0 Å². The van der Waals surface area contributed by atoms with Gasteiger partial charge in [-0.15, -0.1) is 0 Å². The smallest absolute Gasteiger partial charge is 0.0395 e. The fourth-order valence-corrected chi connectivity index (χ4v) is 0.668. The van der Waals surface area contributed by atoms with E-state index in [2.05, 4.69) is 17.6 Å². The van der Waals surface area contributed by atoms with Crippen molar-refractivity contribution in [2.24, 2.45) is 5.73 Å². The second kappa shape index (κ2) is 6.11. The predicted molar refractivity (Wildman–Crippen MR) is 47.6 cm³/mol. The molecule has 0 spiro atoms. The van der Waals surface area contributed by atoms with Crippen molar-refractivity contribution in [3.63, 3.8) is 0 Å². The zero-order valence-electron chi connectivity index (χ0n) is 6.30. The number of hydrogen-bond donors (Lipinski definition) is 2. The van der Waals surface area contributed by atoms with Crippen LogP contribution >= 0.6 is 0 Å². The maximum atomic E-state index is 4.50. The Morgan fingerprint density at radius 3 is 2.90 bits per heavy atom. The highest BCUT2D eigenvalue weighted by Gasteiger charge is 1.92. The van der Waals surface area contributed by atoms with E-state index < -0.39 is 0 Å². The van der Waals surface area contributed by atoms with Gasteiger partial charge in [0, 0.05) is 7.97 Å². The molecule has 0 fully saturated rings. The molecule has 0 atom stereocenters. The third-order valence-electron chi connectivity index (χ3n) is 1.05. The summed E-state index contributed by atoms with van der Waals surface area (Å²) in [7, 11) is 1.50. The van der Waals surface area contributed by atoms with Gasteiger partial charge in [-0.2, -0.15) is 0 Å². The molecule has 2 heteroatoms. The first-order valence-electron chi connectivity index (χ1n) is 3.23. The van der Waals surface area contributed by atoms with Crippen LogP contribution in [0.3, 0.4) is 0 Å². The van der Waals surface area contributed by atoms with Crippen LogP contribution in [0.5, 0.6) is 0 Å². The average Bonchev–Trinajstić information content (AvgIpc) is 2.46. The summed E-state index contributed by atoms with van der Waals surface area (Å²) < 4.78 is 0. The molecule has 0 saturated heterocycles. The minimum absolute atomic E-state index is 0. The number of nitrogens with one attached hydrogen (secondary N) is 1. The van der Waals surface area contributed by atoms with Gasteiger partial charge in [-0.05, 0) is 24.9 Å². The maximum absolute atomic E-state index is 4.50. The minimum atomic E-state index is 0. The Kier molecular flexibility index (Phi) is 5.48. The highest BCUT2D eigenvalue weighted by Crippen LogP contribution is 1.99. The summed E-state index contributed by atoms with van der Waals surface area (Å²) in [5.41, 5.74) is 5.79. The molecule has 1 aliphatic rings. The summed E-state index contributed by atoms with van der Waals surface area (Å²) >= 11 is 0. The second-order valence-corrected chi connectivity index (χ2v) is 1.69. The van der Waals surface area contributed by atoms with E-state index in [-0.39, 0.29) is 1.43 Å². The first kappa shape index (κ1) is 8.98. The van der Waals surface area contributed by atoms with Crippen LogP contribution in [0.4, 0.5) is 0 Å². The topological polar surface area (TPSA) is 38.0 Å². The first-order chi connectivity index (χ1) is 4.93. The molecule has 0 saturated carbocycles. The van der Waals surface area contributed by atoms with E-state index in [4.69, 9.17) is 0 Å². The highest BCUT2D eigenvalue weighted by molar-refractivity contribution is 5.28. The summed E-state index contributed by atoms with van der Waals surface area (Å²) in [5, 5.41) is 3.06. The SMILES string of the molecule is C=C/C=C1/C=CNC1.CN.[HH]. The van der Waals surface area contributed by atoms with Gasteiger partial charge in [-0.25, -0.2) is 0 Å². The summed E-state index contributed by atoms with van der Waals surface area (Å²) in [6.07, 6.45) is 7.78. The van der Waals surface area contributed by atoms with Crippen molar-refractivity contribution in [3.8, 4) is 0 Å². The second-order valence-electron chi connectivity index (χ2n) is 1.69. The van der Waals surface area contributed by atoms with Crippen LogP contribution in [0.15, 0.2) is 36.6 Å². The normalized spacial score (nSPS) is 17.6. The van der Waals surface area contributed by atoms with Crippen LogP contribution in [-0.4, -0.2) is 13.6 Å². The number of allylic oxidation sites excluding steroid dienone is 2. The molecule has 0 aromatic rings. The lowest BCUT2D eigenvalue weighted by Gasteiger charge is -1.87. The molecule has 0 unspecified atom stereocenters.